The molecule has 0 bridgehead atoms. The topological polar surface area (TPSA) is 95.1 Å². The van der Waals surface area contributed by atoms with E-state index in [0.29, 0.717) is 18.3 Å². The van der Waals surface area contributed by atoms with Crippen LogP contribution in [0.15, 0.2) is 73.1 Å². The molecule has 0 aliphatic rings. The maximum absolute atomic E-state index is 6.33. The van der Waals surface area contributed by atoms with E-state index in [9.17, 15) is 0 Å². The van der Waals surface area contributed by atoms with Crippen LogP contribution in [0, 0.1) is 5.92 Å². The second-order valence-corrected chi connectivity index (χ2v) is 8.43. The van der Waals surface area contributed by atoms with Gasteiger partial charge in [0, 0.05) is 35.3 Å². The number of anilines is 1. The number of imidazole rings is 1. The fourth-order valence-electron chi connectivity index (χ4n) is 4.45. The molecule has 1 unspecified atom stereocenters. The van der Waals surface area contributed by atoms with Gasteiger partial charge in [0.2, 0.25) is 0 Å². The third-order valence-corrected chi connectivity index (χ3v) is 6.31. The Morgan fingerprint density at radius 2 is 1.79 bits per heavy atom. The Morgan fingerprint density at radius 3 is 2.58 bits per heavy atom. The van der Waals surface area contributed by atoms with E-state index in [0.717, 1.165) is 64.0 Å². The van der Waals surface area contributed by atoms with Gasteiger partial charge in [-0.05, 0) is 31.0 Å². The maximum atomic E-state index is 6.33. The number of nitrogens with two attached hydrogens (primary N) is 2. The Hall–Kier alpha value is -3.77. The van der Waals surface area contributed by atoms with Gasteiger partial charge in [-0.25, -0.2) is 15.0 Å². The Kier molecular flexibility index (Phi) is 5.75. The first-order valence-electron chi connectivity index (χ1n) is 11.5. The minimum Gasteiger partial charge on any atom is -0.382 e. The van der Waals surface area contributed by atoms with Crippen LogP contribution in [-0.2, 0) is 6.42 Å². The van der Waals surface area contributed by atoms with Gasteiger partial charge in [0.25, 0.3) is 0 Å². The zero-order valence-corrected chi connectivity index (χ0v) is 18.8. The maximum Gasteiger partial charge on any atom is 0.150 e. The van der Waals surface area contributed by atoms with E-state index in [1.807, 2.05) is 24.4 Å². The molecule has 1 atom stereocenters. The molecule has 2 aromatic carbocycles. The van der Waals surface area contributed by atoms with E-state index in [-0.39, 0.29) is 0 Å². The number of benzene rings is 2. The number of fused-ring (bicyclic) bond motifs is 2. The molecule has 166 valence electrons. The van der Waals surface area contributed by atoms with Crippen LogP contribution >= 0.6 is 0 Å². The van der Waals surface area contributed by atoms with Gasteiger partial charge >= 0.3 is 0 Å². The Bertz CT molecular complexity index is 1410. The summed E-state index contributed by atoms with van der Waals surface area (Å²) in [6.07, 6.45) is 6.56. The molecule has 6 nitrogen and oxygen atoms in total. The molecule has 6 heteroatoms. The fourth-order valence-corrected chi connectivity index (χ4v) is 4.45. The SMILES string of the molecule is CCC(CCN)Cc1nc(-c2ccc3ccc(-c4ccccc4)nc3c2)c2c(N)nccn12. The van der Waals surface area contributed by atoms with Crippen molar-refractivity contribution in [2.45, 2.75) is 26.2 Å². The molecule has 4 N–H and O–H groups in total. The Labute approximate surface area is 193 Å². The molecule has 0 amide bonds. The lowest BCUT2D eigenvalue weighted by molar-refractivity contribution is 0.463. The molecule has 3 aromatic heterocycles. The summed E-state index contributed by atoms with van der Waals surface area (Å²) in [4.78, 5) is 14.3. The molecular formula is C27H28N6. The summed E-state index contributed by atoms with van der Waals surface area (Å²) in [5.74, 6) is 1.94. The average Bonchev–Trinajstić information content (AvgIpc) is 3.23. The van der Waals surface area contributed by atoms with Crippen LogP contribution in [-0.4, -0.2) is 25.9 Å². The quantitative estimate of drug-likeness (QED) is 0.370. The number of hydrogen-bond acceptors (Lipinski definition) is 5. The van der Waals surface area contributed by atoms with Gasteiger partial charge in [-0.3, -0.25) is 4.40 Å². The summed E-state index contributed by atoms with van der Waals surface area (Å²) in [7, 11) is 0. The molecule has 33 heavy (non-hydrogen) atoms. The van der Waals surface area contributed by atoms with Crippen molar-refractivity contribution in [2.24, 2.45) is 11.7 Å². The molecular weight excluding hydrogens is 408 g/mol. The monoisotopic (exact) mass is 436 g/mol. The number of pyridine rings is 1. The molecule has 5 rings (SSSR count). The molecule has 5 aromatic rings. The summed E-state index contributed by atoms with van der Waals surface area (Å²) in [6.45, 7) is 2.88. The highest BCUT2D eigenvalue weighted by molar-refractivity contribution is 5.91. The second-order valence-electron chi connectivity index (χ2n) is 8.43. The number of hydrogen-bond donors (Lipinski definition) is 2. The predicted octanol–water partition coefficient (Wildman–Crippen LogP) is 5.11. The molecule has 0 saturated carbocycles. The molecule has 0 saturated heterocycles. The van der Waals surface area contributed by atoms with Crippen LogP contribution in [0.5, 0.6) is 0 Å². The van der Waals surface area contributed by atoms with Gasteiger partial charge in [0.05, 0.1) is 11.2 Å². The van der Waals surface area contributed by atoms with Gasteiger partial charge in [0.15, 0.2) is 0 Å². The summed E-state index contributed by atoms with van der Waals surface area (Å²) < 4.78 is 2.08. The lowest BCUT2D eigenvalue weighted by Gasteiger charge is -2.12. The fraction of sp³-hybridized carbons (Fsp3) is 0.222. The zero-order valence-electron chi connectivity index (χ0n) is 18.8. The number of rotatable bonds is 7. The number of nitrogens with zero attached hydrogens (tertiary/aromatic N) is 4. The standard InChI is InChI=1S/C27H28N6/c1-2-18(12-13-28)16-24-32-25(26-27(29)30-14-15-33(24)26)21-9-8-20-10-11-22(31-23(20)17-21)19-6-4-3-5-7-19/h3-11,14-15,17-18H,2,12-13,16,28H2,1H3,(H2,29,30). The zero-order chi connectivity index (χ0) is 22.8. The minimum atomic E-state index is 0.476. The normalized spacial score (nSPS) is 12.4. The highest BCUT2D eigenvalue weighted by Gasteiger charge is 2.19. The molecule has 0 fully saturated rings. The van der Waals surface area contributed by atoms with Gasteiger partial charge in [0.1, 0.15) is 22.9 Å². The Morgan fingerprint density at radius 1 is 0.970 bits per heavy atom. The van der Waals surface area contributed by atoms with Gasteiger partial charge in [-0.15, -0.1) is 0 Å². The first kappa shape index (κ1) is 21.1. The lowest BCUT2D eigenvalue weighted by Crippen LogP contribution is -2.12. The smallest absolute Gasteiger partial charge is 0.150 e. The third-order valence-electron chi connectivity index (χ3n) is 6.31. The first-order valence-corrected chi connectivity index (χ1v) is 11.5. The van der Waals surface area contributed by atoms with Crippen molar-refractivity contribution in [2.75, 3.05) is 12.3 Å². The van der Waals surface area contributed by atoms with Crippen LogP contribution < -0.4 is 11.5 Å². The van der Waals surface area contributed by atoms with E-state index < -0.39 is 0 Å². The van der Waals surface area contributed by atoms with Crippen molar-refractivity contribution in [3.63, 3.8) is 0 Å². The summed E-state index contributed by atoms with van der Waals surface area (Å²) >= 11 is 0. The average molecular weight is 437 g/mol. The van der Waals surface area contributed by atoms with E-state index in [1.165, 1.54) is 0 Å². The van der Waals surface area contributed by atoms with Crippen molar-refractivity contribution >= 4 is 22.2 Å². The van der Waals surface area contributed by atoms with Crippen LogP contribution in [0.2, 0.25) is 0 Å². The highest BCUT2D eigenvalue weighted by Crippen LogP contribution is 2.32. The minimum absolute atomic E-state index is 0.476. The highest BCUT2D eigenvalue weighted by atomic mass is 15.1. The van der Waals surface area contributed by atoms with Crippen molar-refractivity contribution in [1.82, 2.24) is 19.4 Å². The summed E-state index contributed by atoms with van der Waals surface area (Å²) in [6, 6.07) is 20.7. The van der Waals surface area contributed by atoms with Crippen molar-refractivity contribution in [3.8, 4) is 22.5 Å². The lowest BCUT2D eigenvalue weighted by atomic mass is 9.98. The molecule has 3 heterocycles. The van der Waals surface area contributed by atoms with Crippen molar-refractivity contribution in [3.05, 3.63) is 78.9 Å². The van der Waals surface area contributed by atoms with Crippen LogP contribution in [0.4, 0.5) is 5.82 Å². The van der Waals surface area contributed by atoms with Crippen molar-refractivity contribution < 1.29 is 0 Å². The Balaban J connectivity index is 1.63. The van der Waals surface area contributed by atoms with E-state index >= 15 is 0 Å². The molecule has 0 aliphatic heterocycles. The van der Waals surface area contributed by atoms with Gasteiger partial charge in [-0.1, -0.05) is 61.9 Å². The van der Waals surface area contributed by atoms with Crippen LogP contribution in [0.3, 0.4) is 0 Å². The predicted molar refractivity (Wildman–Crippen MR) is 135 cm³/mol. The van der Waals surface area contributed by atoms with E-state index in [2.05, 4.69) is 58.8 Å². The first-order chi connectivity index (χ1) is 16.2. The van der Waals surface area contributed by atoms with E-state index in [1.54, 1.807) is 6.20 Å². The molecule has 0 radical (unpaired) electrons. The van der Waals surface area contributed by atoms with Crippen molar-refractivity contribution in [1.29, 1.82) is 0 Å². The largest absolute Gasteiger partial charge is 0.382 e. The number of aromatic nitrogens is 4. The third kappa shape index (κ3) is 4.05. The summed E-state index contributed by atoms with van der Waals surface area (Å²) in [5.41, 5.74) is 17.8. The molecule has 0 aliphatic carbocycles. The summed E-state index contributed by atoms with van der Waals surface area (Å²) in [5, 5.41) is 1.09. The van der Waals surface area contributed by atoms with Crippen LogP contribution in [0.25, 0.3) is 38.9 Å². The van der Waals surface area contributed by atoms with Gasteiger partial charge in [-0.2, -0.15) is 0 Å². The second kappa shape index (κ2) is 9.00. The van der Waals surface area contributed by atoms with E-state index in [4.69, 9.17) is 21.4 Å². The number of nitrogen functional groups attached to an aromatic ring is 1. The van der Waals surface area contributed by atoms with Crippen LogP contribution in [0.1, 0.15) is 25.6 Å². The molecule has 0 spiro atoms. The van der Waals surface area contributed by atoms with Gasteiger partial charge < -0.3 is 11.5 Å².